The Balaban J connectivity index is 2.29. The highest BCUT2D eigenvalue weighted by Gasteiger charge is 2.09. The van der Waals surface area contributed by atoms with Crippen molar-refractivity contribution in [2.45, 2.75) is 26.2 Å². The summed E-state index contributed by atoms with van der Waals surface area (Å²) in [5.74, 6) is -1.25. The Morgan fingerprint density at radius 3 is 2.33 bits per heavy atom. The van der Waals surface area contributed by atoms with Crippen molar-refractivity contribution in [3.8, 4) is 0 Å². The third-order valence-electron chi connectivity index (χ3n) is 2.92. The molecule has 0 aliphatic rings. The van der Waals surface area contributed by atoms with E-state index in [1.165, 1.54) is 12.1 Å². The third-order valence-corrected chi connectivity index (χ3v) is 4.39. The number of rotatable bonds is 10. The van der Waals surface area contributed by atoms with E-state index >= 15 is 0 Å². The molecule has 1 aromatic carbocycles. The number of nitrogens with one attached hydrogen (secondary N) is 2. The van der Waals surface area contributed by atoms with Gasteiger partial charge >= 0.3 is 0 Å². The Morgan fingerprint density at radius 2 is 1.71 bits per heavy atom. The summed E-state index contributed by atoms with van der Waals surface area (Å²) < 4.78 is 51.8. The van der Waals surface area contributed by atoms with Crippen LogP contribution in [0.2, 0.25) is 0 Å². The van der Waals surface area contributed by atoms with Gasteiger partial charge in [0.2, 0.25) is 10.0 Å². The van der Waals surface area contributed by atoms with Crippen LogP contribution in [0.1, 0.15) is 25.3 Å². The molecule has 0 aliphatic heterocycles. The van der Waals surface area contributed by atoms with Crippen molar-refractivity contribution in [3.05, 3.63) is 35.4 Å². The lowest BCUT2D eigenvalue weighted by atomic mass is 10.1. The van der Waals surface area contributed by atoms with E-state index in [-0.39, 0.29) is 18.7 Å². The number of halogens is 2. The Labute approximate surface area is 125 Å². The number of hydrogen-bond acceptors (Lipinski definition) is 3. The zero-order valence-corrected chi connectivity index (χ0v) is 13.0. The summed E-state index contributed by atoms with van der Waals surface area (Å²) in [5, 5.41) is 3.12. The SMILES string of the molecule is CCNCCCCS(=O)(=O)NCCc1cc(F)cc(F)c1. The van der Waals surface area contributed by atoms with Crippen LogP contribution in [0.3, 0.4) is 0 Å². The molecule has 0 fully saturated rings. The maximum atomic E-state index is 13.0. The van der Waals surface area contributed by atoms with Gasteiger partial charge < -0.3 is 5.32 Å². The van der Waals surface area contributed by atoms with E-state index in [1.54, 1.807) is 0 Å². The van der Waals surface area contributed by atoms with Gasteiger partial charge in [0.1, 0.15) is 11.6 Å². The summed E-state index contributed by atoms with van der Waals surface area (Å²) in [4.78, 5) is 0. The van der Waals surface area contributed by atoms with E-state index in [9.17, 15) is 17.2 Å². The summed E-state index contributed by atoms with van der Waals surface area (Å²) in [6.45, 7) is 3.80. The monoisotopic (exact) mass is 320 g/mol. The van der Waals surface area contributed by atoms with Gasteiger partial charge in [0, 0.05) is 12.6 Å². The van der Waals surface area contributed by atoms with Crippen molar-refractivity contribution < 1.29 is 17.2 Å². The van der Waals surface area contributed by atoms with Crippen molar-refractivity contribution in [2.75, 3.05) is 25.4 Å². The molecule has 0 amide bonds. The van der Waals surface area contributed by atoms with Crippen molar-refractivity contribution in [3.63, 3.8) is 0 Å². The largest absolute Gasteiger partial charge is 0.317 e. The second kappa shape index (κ2) is 9.07. The highest BCUT2D eigenvalue weighted by atomic mass is 32.2. The molecule has 1 rings (SSSR count). The van der Waals surface area contributed by atoms with E-state index in [0.29, 0.717) is 12.0 Å². The van der Waals surface area contributed by atoms with Gasteiger partial charge in [-0.1, -0.05) is 6.92 Å². The highest BCUT2D eigenvalue weighted by molar-refractivity contribution is 7.89. The summed E-state index contributed by atoms with van der Waals surface area (Å²) in [7, 11) is -3.32. The van der Waals surface area contributed by atoms with E-state index in [0.717, 1.165) is 25.6 Å². The molecule has 4 nitrogen and oxygen atoms in total. The first-order valence-electron chi connectivity index (χ1n) is 7.06. The Hall–Kier alpha value is -1.05. The summed E-state index contributed by atoms with van der Waals surface area (Å²) in [5.41, 5.74) is 0.433. The predicted octanol–water partition coefficient (Wildman–Crippen LogP) is 1.82. The Morgan fingerprint density at radius 1 is 1.05 bits per heavy atom. The quantitative estimate of drug-likeness (QED) is 0.647. The topological polar surface area (TPSA) is 58.2 Å². The van der Waals surface area contributed by atoms with E-state index in [1.807, 2.05) is 6.92 Å². The molecular weight excluding hydrogens is 298 g/mol. The normalized spacial score (nSPS) is 11.8. The van der Waals surface area contributed by atoms with Gasteiger partial charge in [0.05, 0.1) is 5.75 Å². The molecule has 0 radical (unpaired) electrons. The highest BCUT2D eigenvalue weighted by Crippen LogP contribution is 2.08. The zero-order chi connectivity index (χ0) is 15.7. The van der Waals surface area contributed by atoms with Crippen molar-refractivity contribution >= 4 is 10.0 Å². The Bertz CT molecular complexity index is 516. The van der Waals surface area contributed by atoms with Crippen LogP contribution in [0.5, 0.6) is 0 Å². The fourth-order valence-corrected chi connectivity index (χ4v) is 3.04. The fraction of sp³-hybridized carbons (Fsp3) is 0.571. The number of benzene rings is 1. The summed E-state index contributed by atoms with van der Waals surface area (Å²) in [6.07, 6.45) is 1.63. The molecule has 0 aromatic heterocycles. The van der Waals surface area contributed by atoms with Crippen molar-refractivity contribution in [1.29, 1.82) is 0 Å². The lowest BCUT2D eigenvalue weighted by molar-refractivity contribution is 0.572. The predicted molar refractivity (Wildman–Crippen MR) is 79.6 cm³/mol. The number of sulfonamides is 1. The van der Waals surface area contributed by atoms with Crippen LogP contribution < -0.4 is 10.0 Å². The first-order valence-corrected chi connectivity index (χ1v) is 8.71. The maximum absolute atomic E-state index is 13.0. The smallest absolute Gasteiger partial charge is 0.211 e. The second-order valence-corrected chi connectivity index (χ2v) is 6.73. The molecule has 2 N–H and O–H groups in total. The molecule has 0 atom stereocenters. The second-order valence-electron chi connectivity index (χ2n) is 4.80. The first-order chi connectivity index (χ1) is 9.93. The first kappa shape index (κ1) is 18.0. The molecule has 0 spiro atoms. The third kappa shape index (κ3) is 8.08. The maximum Gasteiger partial charge on any atom is 0.211 e. The molecule has 7 heteroatoms. The van der Waals surface area contributed by atoms with E-state index in [2.05, 4.69) is 10.0 Å². The van der Waals surface area contributed by atoms with Gasteiger partial charge in [-0.25, -0.2) is 21.9 Å². The van der Waals surface area contributed by atoms with Crippen LogP contribution in [-0.4, -0.2) is 33.8 Å². The zero-order valence-electron chi connectivity index (χ0n) is 12.2. The van der Waals surface area contributed by atoms with Crippen LogP contribution in [0.15, 0.2) is 18.2 Å². The van der Waals surface area contributed by atoms with Crippen LogP contribution in [-0.2, 0) is 16.4 Å². The average molecular weight is 320 g/mol. The van der Waals surface area contributed by atoms with Gasteiger partial charge in [-0.05, 0) is 50.0 Å². The van der Waals surface area contributed by atoms with Gasteiger partial charge in [-0.3, -0.25) is 0 Å². The van der Waals surface area contributed by atoms with Crippen LogP contribution in [0.25, 0.3) is 0 Å². The molecule has 21 heavy (non-hydrogen) atoms. The van der Waals surface area contributed by atoms with Gasteiger partial charge in [-0.15, -0.1) is 0 Å². The Kier molecular flexibility index (Phi) is 7.77. The van der Waals surface area contributed by atoms with E-state index in [4.69, 9.17) is 0 Å². The minimum atomic E-state index is -3.32. The van der Waals surface area contributed by atoms with Crippen LogP contribution in [0, 0.1) is 11.6 Å². The molecule has 120 valence electrons. The van der Waals surface area contributed by atoms with Gasteiger partial charge in [0.25, 0.3) is 0 Å². The van der Waals surface area contributed by atoms with Crippen molar-refractivity contribution in [2.24, 2.45) is 0 Å². The molecule has 0 saturated carbocycles. The molecule has 0 bridgehead atoms. The summed E-state index contributed by atoms with van der Waals surface area (Å²) >= 11 is 0. The van der Waals surface area contributed by atoms with Crippen LogP contribution >= 0.6 is 0 Å². The molecular formula is C14H22F2N2O2S. The number of unbranched alkanes of at least 4 members (excludes halogenated alkanes) is 1. The van der Waals surface area contributed by atoms with Gasteiger partial charge in [-0.2, -0.15) is 0 Å². The summed E-state index contributed by atoms with van der Waals surface area (Å²) in [6, 6.07) is 3.19. The lowest BCUT2D eigenvalue weighted by Crippen LogP contribution is -2.28. The van der Waals surface area contributed by atoms with Crippen molar-refractivity contribution in [1.82, 2.24) is 10.0 Å². The van der Waals surface area contributed by atoms with Gasteiger partial charge in [0.15, 0.2) is 0 Å². The molecule has 0 heterocycles. The lowest BCUT2D eigenvalue weighted by Gasteiger charge is -2.07. The fourth-order valence-electron chi connectivity index (χ4n) is 1.90. The molecule has 0 saturated heterocycles. The van der Waals surface area contributed by atoms with Crippen LogP contribution in [0.4, 0.5) is 8.78 Å². The minimum absolute atomic E-state index is 0.0654. The standard InChI is InChI=1S/C14H22F2N2O2S/c1-2-17-6-3-4-8-21(19,20)18-7-5-12-9-13(15)11-14(16)10-12/h9-11,17-18H,2-8H2,1H3. The molecule has 0 aliphatic carbocycles. The number of hydrogen-bond donors (Lipinski definition) is 2. The average Bonchev–Trinajstić information content (AvgIpc) is 2.37. The molecule has 1 aromatic rings. The minimum Gasteiger partial charge on any atom is -0.317 e. The molecule has 0 unspecified atom stereocenters. The van der Waals surface area contributed by atoms with E-state index < -0.39 is 21.7 Å².